The van der Waals surface area contributed by atoms with Crippen LogP contribution in [0.4, 0.5) is 0 Å². The Labute approximate surface area is 129 Å². The smallest absolute Gasteiger partial charge is 0.317 e. The fraction of sp³-hybridized carbons (Fsp3) is 0.875. The van der Waals surface area contributed by atoms with E-state index in [0.29, 0.717) is 12.5 Å². The number of unbranched alkanes of at least 4 members (excludes halogenated alkanes) is 2. The summed E-state index contributed by atoms with van der Waals surface area (Å²) < 4.78 is 0. The van der Waals surface area contributed by atoms with Crippen LogP contribution in [-0.4, -0.2) is 59.5 Å². The summed E-state index contributed by atoms with van der Waals surface area (Å²) in [7, 11) is 0. The van der Waals surface area contributed by atoms with Crippen LogP contribution in [0.3, 0.4) is 0 Å². The van der Waals surface area contributed by atoms with E-state index < -0.39 is 5.97 Å². The maximum atomic E-state index is 12.4. The third kappa shape index (κ3) is 10.3. The zero-order valence-corrected chi connectivity index (χ0v) is 14.1. The molecule has 0 aliphatic heterocycles. The molecule has 0 saturated carbocycles. The molecule has 0 aliphatic rings. The van der Waals surface area contributed by atoms with Crippen molar-refractivity contribution in [2.75, 3.05) is 32.7 Å². The van der Waals surface area contributed by atoms with Crippen LogP contribution in [0.1, 0.15) is 53.4 Å². The molecule has 5 heteroatoms. The Morgan fingerprint density at radius 1 is 1.00 bits per heavy atom. The predicted molar refractivity (Wildman–Crippen MR) is 85.3 cm³/mol. The molecule has 0 unspecified atom stereocenters. The highest BCUT2D eigenvalue weighted by molar-refractivity contribution is 5.79. The van der Waals surface area contributed by atoms with Crippen molar-refractivity contribution in [2.45, 2.75) is 53.4 Å². The first-order valence-electron chi connectivity index (χ1n) is 8.12. The van der Waals surface area contributed by atoms with Gasteiger partial charge in [0.1, 0.15) is 0 Å². The highest BCUT2D eigenvalue weighted by Crippen LogP contribution is 2.04. The van der Waals surface area contributed by atoms with Crippen molar-refractivity contribution in [2.24, 2.45) is 5.92 Å². The van der Waals surface area contributed by atoms with Crippen LogP contribution in [0.25, 0.3) is 0 Å². The number of nitrogens with zero attached hydrogens (tertiary/aromatic N) is 2. The van der Waals surface area contributed by atoms with E-state index in [1.807, 2.05) is 18.7 Å². The minimum atomic E-state index is -0.878. The van der Waals surface area contributed by atoms with E-state index in [1.165, 1.54) is 0 Å². The molecule has 0 saturated heterocycles. The van der Waals surface area contributed by atoms with Crippen LogP contribution in [0.5, 0.6) is 0 Å². The van der Waals surface area contributed by atoms with Crippen molar-refractivity contribution in [3.8, 4) is 0 Å². The van der Waals surface area contributed by atoms with Crippen LogP contribution in [0.15, 0.2) is 0 Å². The number of hydrogen-bond acceptors (Lipinski definition) is 3. The van der Waals surface area contributed by atoms with Crippen LogP contribution < -0.4 is 0 Å². The number of carbonyl (C=O) groups excluding carboxylic acids is 1. The molecule has 124 valence electrons. The molecular formula is C16H32N2O3. The van der Waals surface area contributed by atoms with Gasteiger partial charge in [-0.25, -0.2) is 0 Å². The standard InChI is InChI=1S/C16H32N2O3/c1-5-7-9-18(10-8-6-2)15(19)12-17(11-14(3)4)13-16(20)21/h14H,5-13H2,1-4H3,(H,20,21). The van der Waals surface area contributed by atoms with Gasteiger partial charge in [-0.15, -0.1) is 0 Å². The fourth-order valence-electron chi connectivity index (χ4n) is 2.24. The monoisotopic (exact) mass is 300 g/mol. The van der Waals surface area contributed by atoms with Crippen LogP contribution in [0.2, 0.25) is 0 Å². The quantitative estimate of drug-likeness (QED) is 0.601. The Hall–Kier alpha value is -1.10. The molecular weight excluding hydrogens is 268 g/mol. The average Bonchev–Trinajstić information content (AvgIpc) is 2.37. The lowest BCUT2D eigenvalue weighted by Gasteiger charge is -2.27. The molecule has 21 heavy (non-hydrogen) atoms. The van der Waals surface area contributed by atoms with E-state index in [0.717, 1.165) is 38.8 Å². The van der Waals surface area contributed by atoms with Crippen molar-refractivity contribution in [1.29, 1.82) is 0 Å². The van der Waals surface area contributed by atoms with E-state index in [-0.39, 0.29) is 19.0 Å². The Kier molecular flexibility index (Phi) is 10.9. The topological polar surface area (TPSA) is 60.9 Å². The molecule has 0 rings (SSSR count). The van der Waals surface area contributed by atoms with Crippen LogP contribution in [0, 0.1) is 5.92 Å². The SMILES string of the molecule is CCCCN(CCCC)C(=O)CN(CC(=O)O)CC(C)C. The first-order chi connectivity index (χ1) is 9.90. The predicted octanol–water partition coefficient (Wildman–Crippen LogP) is 2.46. The van der Waals surface area contributed by atoms with Gasteiger partial charge in [-0.05, 0) is 18.8 Å². The zero-order valence-electron chi connectivity index (χ0n) is 14.1. The normalized spacial score (nSPS) is 11.1. The van der Waals surface area contributed by atoms with Gasteiger partial charge in [0.2, 0.25) is 5.91 Å². The summed E-state index contributed by atoms with van der Waals surface area (Å²) in [5.41, 5.74) is 0. The summed E-state index contributed by atoms with van der Waals surface area (Å²) in [4.78, 5) is 27.0. The number of rotatable bonds is 12. The molecule has 0 aromatic heterocycles. The van der Waals surface area contributed by atoms with Crippen molar-refractivity contribution in [1.82, 2.24) is 9.80 Å². The average molecular weight is 300 g/mol. The van der Waals surface area contributed by atoms with E-state index >= 15 is 0 Å². The summed E-state index contributed by atoms with van der Waals surface area (Å²) >= 11 is 0. The number of aliphatic carboxylic acids is 1. The molecule has 0 atom stereocenters. The summed E-state index contributed by atoms with van der Waals surface area (Å²) in [6, 6.07) is 0. The third-order valence-electron chi connectivity index (χ3n) is 3.26. The Morgan fingerprint density at radius 2 is 1.52 bits per heavy atom. The second-order valence-electron chi connectivity index (χ2n) is 6.05. The molecule has 0 heterocycles. The number of carboxylic acids is 1. The van der Waals surface area contributed by atoms with E-state index in [9.17, 15) is 9.59 Å². The Balaban J connectivity index is 4.58. The van der Waals surface area contributed by atoms with Gasteiger partial charge in [-0.2, -0.15) is 0 Å². The minimum absolute atomic E-state index is 0.0544. The van der Waals surface area contributed by atoms with Crippen LogP contribution >= 0.6 is 0 Å². The molecule has 1 amide bonds. The molecule has 1 N–H and O–H groups in total. The second-order valence-corrected chi connectivity index (χ2v) is 6.05. The molecule has 5 nitrogen and oxygen atoms in total. The number of amides is 1. The van der Waals surface area contributed by atoms with E-state index in [1.54, 1.807) is 4.90 Å². The summed E-state index contributed by atoms with van der Waals surface area (Å²) in [5.74, 6) is -0.479. The van der Waals surface area contributed by atoms with Gasteiger partial charge in [0.05, 0.1) is 13.1 Å². The lowest BCUT2D eigenvalue weighted by molar-refractivity contribution is -0.140. The van der Waals surface area contributed by atoms with Gasteiger partial charge in [0.25, 0.3) is 0 Å². The molecule has 0 aromatic rings. The summed E-state index contributed by atoms with van der Waals surface area (Å²) in [5, 5.41) is 8.96. The highest BCUT2D eigenvalue weighted by atomic mass is 16.4. The second kappa shape index (κ2) is 11.5. The third-order valence-corrected chi connectivity index (χ3v) is 3.26. The minimum Gasteiger partial charge on any atom is -0.480 e. The lowest BCUT2D eigenvalue weighted by Crippen LogP contribution is -2.44. The van der Waals surface area contributed by atoms with Gasteiger partial charge in [0.15, 0.2) is 0 Å². The largest absolute Gasteiger partial charge is 0.480 e. The van der Waals surface area contributed by atoms with Crippen molar-refractivity contribution >= 4 is 11.9 Å². The van der Waals surface area contributed by atoms with Gasteiger partial charge in [0, 0.05) is 19.6 Å². The van der Waals surface area contributed by atoms with Crippen molar-refractivity contribution < 1.29 is 14.7 Å². The number of carbonyl (C=O) groups is 2. The van der Waals surface area contributed by atoms with Crippen LogP contribution in [-0.2, 0) is 9.59 Å². The van der Waals surface area contributed by atoms with Crippen molar-refractivity contribution in [3.05, 3.63) is 0 Å². The molecule has 0 bridgehead atoms. The molecule has 0 radical (unpaired) electrons. The van der Waals surface area contributed by atoms with Gasteiger partial charge in [-0.3, -0.25) is 14.5 Å². The first kappa shape index (κ1) is 19.9. The summed E-state index contributed by atoms with van der Waals surface area (Å²) in [6.45, 7) is 10.6. The fourth-order valence-corrected chi connectivity index (χ4v) is 2.24. The zero-order chi connectivity index (χ0) is 16.3. The van der Waals surface area contributed by atoms with E-state index in [2.05, 4.69) is 13.8 Å². The molecule has 0 fully saturated rings. The van der Waals surface area contributed by atoms with Gasteiger partial charge < -0.3 is 10.0 Å². The first-order valence-corrected chi connectivity index (χ1v) is 8.12. The number of hydrogen-bond donors (Lipinski definition) is 1. The lowest BCUT2D eigenvalue weighted by atomic mass is 10.2. The number of carboxylic acid groups (broad SMARTS) is 1. The molecule has 0 spiro atoms. The van der Waals surface area contributed by atoms with Crippen molar-refractivity contribution in [3.63, 3.8) is 0 Å². The molecule has 0 aromatic carbocycles. The van der Waals surface area contributed by atoms with E-state index in [4.69, 9.17) is 5.11 Å². The Bertz CT molecular complexity index is 298. The maximum Gasteiger partial charge on any atom is 0.317 e. The van der Waals surface area contributed by atoms with Gasteiger partial charge >= 0.3 is 5.97 Å². The maximum absolute atomic E-state index is 12.4. The van der Waals surface area contributed by atoms with Gasteiger partial charge in [-0.1, -0.05) is 40.5 Å². The Morgan fingerprint density at radius 3 is 1.90 bits per heavy atom. The highest BCUT2D eigenvalue weighted by Gasteiger charge is 2.19. The molecule has 0 aliphatic carbocycles. The summed E-state index contributed by atoms with van der Waals surface area (Å²) in [6.07, 6.45) is 4.11.